The number of carboxylic acid groups (broad SMARTS) is 1. The Balaban J connectivity index is 2.13. The quantitative estimate of drug-likeness (QED) is 0.753. The molecule has 2 aromatic carbocycles. The van der Waals surface area contributed by atoms with Gasteiger partial charge in [-0.25, -0.2) is 9.78 Å². The number of benzene rings is 2. The zero-order valence-electron chi connectivity index (χ0n) is 13.1. The Labute approximate surface area is 143 Å². The van der Waals surface area contributed by atoms with Gasteiger partial charge in [-0.05, 0) is 42.0 Å². The second-order valence-electron chi connectivity index (χ2n) is 4.93. The average molecular weight is 341 g/mol. The molecule has 1 aromatic heterocycles. The van der Waals surface area contributed by atoms with Crippen LogP contribution in [-0.2, 0) is 0 Å². The van der Waals surface area contributed by atoms with Crippen molar-refractivity contribution in [2.24, 2.45) is 0 Å². The molecule has 3 rings (SSSR count). The summed E-state index contributed by atoms with van der Waals surface area (Å²) in [7, 11) is 3.17. The van der Waals surface area contributed by atoms with E-state index in [1.54, 1.807) is 26.4 Å². The van der Waals surface area contributed by atoms with Crippen LogP contribution in [0, 0.1) is 0 Å². The summed E-state index contributed by atoms with van der Waals surface area (Å²) in [4.78, 5) is 16.5. The normalized spacial score (nSPS) is 10.4. The SMILES string of the molecule is COc1ccc(-c2sc(-c3ccccc3OC)nc2C(=O)O)cc1. The zero-order valence-corrected chi connectivity index (χ0v) is 14.0. The smallest absolute Gasteiger partial charge is 0.356 e. The molecule has 0 unspecified atom stereocenters. The van der Waals surface area contributed by atoms with Gasteiger partial charge in [0.25, 0.3) is 0 Å². The second-order valence-corrected chi connectivity index (χ2v) is 5.93. The van der Waals surface area contributed by atoms with Crippen molar-refractivity contribution in [3.05, 3.63) is 54.2 Å². The molecule has 0 amide bonds. The molecule has 0 aliphatic rings. The van der Waals surface area contributed by atoms with Gasteiger partial charge >= 0.3 is 5.97 Å². The maximum atomic E-state index is 11.6. The predicted molar refractivity (Wildman–Crippen MR) is 93.0 cm³/mol. The number of carbonyl (C=O) groups is 1. The molecule has 0 aliphatic carbocycles. The van der Waals surface area contributed by atoms with Crippen LogP contribution in [0.1, 0.15) is 10.5 Å². The average Bonchev–Trinajstić information content (AvgIpc) is 3.07. The molecule has 3 aromatic rings. The highest BCUT2D eigenvalue weighted by Crippen LogP contribution is 2.39. The molecule has 24 heavy (non-hydrogen) atoms. The largest absolute Gasteiger partial charge is 0.497 e. The molecule has 6 heteroatoms. The van der Waals surface area contributed by atoms with Crippen LogP contribution in [0.2, 0.25) is 0 Å². The van der Waals surface area contributed by atoms with Gasteiger partial charge in [0.05, 0.1) is 24.7 Å². The highest BCUT2D eigenvalue weighted by molar-refractivity contribution is 7.18. The zero-order chi connectivity index (χ0) is 17.1. The monoisotopic (exact) mass is 341 g/mol. The van der Waals surface area contributed by atoms with E-state index in [4.69, 9.17) is 9.47 Å². The third-order valence-electron chi connectivity index (χ3n) is 3.52. The first-order chi connectivity index (χ1) is 11.6. The topological polar surface area (TPSA) is 68.7 Å². The fraction of sp³-hybridized carbons (Fsp3) is 0.111. The Bertz CT molecular complexity index is 871. The van der Waals surface area contributed by atoms with Crippen molar-refractivity contribution in [2.75, 3.05) is 14.2 Å². The maximum absolute atomic E-state index is 11.6. The summed E-state index contributed by atoms with van der Waals surface area (Å²) in [6.45, 7) is 0. The molecule has 0 saturated heterocycles. The lowest BCUT2D eigenvalue weighted by molar-refractivity contribution is 0.0692. The number of methoxy groups -OCH3 is 2. The van der Waals surface area contributed by atoms with Gasteiger partial charge in [0.1, 0.15) is 16.5 Å². The molecule has 122 valence electrons. The summed E-state index contributed by atoms with van der Waals surface area (Å²) in [5, 5.41) is 10.1. The van der Waals surface area contributed by atoms with Gasteiger partial charge in [0.2, 0.25) is 0 Å². The molecule has 0 aliphatic heterocycles. The molecule has 0 saturated carbocycles. The number of aromatic carboxylic acids is 1. The maximum Gasteiger partial charge on any atom is 0.356 e. The number of para-hydroxylation sites is 1. The molecule has 0 bridgehead atoms. The minimum absolute atomic E-state index is 0.0334. The first kappa shape index (κ1) is 16.0. The van der Waals surface area contributed by atoms with E-state index in [2.05, 4.69) is 4.98 Å². The Kier molecular flexibility index (Phi) is 4.48. The van der Waals surface area contributed by atoms with Gasteiger partial charge in [-0.2, -0.15) is 0 Å². The standard InChI is InChI=1S/C18H15NO4S/c1-22-12-9-7-11(8-10-12)16-15(18(20)21)19-17(24-16)13-5-3-4-6-14(13)23-2/h3-10H,1-2H3,(H,20,21). The van der Waals surface area contributed by atoms with Gasteiger partial charge in [-0.15, -0.1) is 11.3 Å². The van der Waals surface area contributed by atoms with Crippen molar-refractivity contribution in [1.29, 1.82) is 0 Å². The summed E-state index contributed by atoms with van der Waals surface area (Å²) in [5.74, 6) is 0.313. The number of rotatable bonds is 5. The molecular formula is C18H15NO4S. The van der Waals surface area contributed by atoms with Crippen molar-refractivity contribution >= 4 is 17.3 Å². The summed E-state index contributed by atoms with van der Waals surface area (Å²) in [5.41, 5.74) is 1.59. The lowest BCUT2D eigenvalue weighted by Crippen LogP contribution is -1.99. The van der Waals surface area contributed by atoms with Crippen LogP contribution in [0.3, 0.4) is 0 Å². The van der Waals surface area contributed by atoms with Gasteiger partial charge < -0.3 is 14.6 Å². The lowest BCUT2D eigenvalue weighted by Gasteiger charge is -2.04. The fourth-order valence-electron chi connectivity index (χ4n) is 2.34. The van der Waals surface area contributed by atoms with Crippen LogP contribution >= 0.6 is 11.3 Å². The summed E-state index contributed by atoms with van der Waals surface area (Å²) < 4.78 is 10.5. The fourth-order valence-corrected chi connectivity index (χ4v) is 3.43. The lowest BCUT2D eigenvalue weighted by atomic mass is 10.1. The van der Waals surface area contributed by atoms with Gasteiger partial charge in [-0.1, -0.05) is 12.1 Å². The third kappa shape index (κ3) is 2.96. The van der Waals surface area contributed by atoms with E-state index in [1.807, 2.05) is 36.4 Å². The van der Waals surface area contributed by atoms with Crippen LogP contribution in [0.25, 0.3) is 21.0 Å². The number of hydrogen-bond acceptors (Lipinski definition) is 5. The second kappa shape index (κ2) is 6.72. The van der Waals surface area contributed by atoms with Crippen LogP contribution in [0.15, 0.2) is 48.5 Å². The van der Waals surface area contributed by atoms with E-state index in [9.17, 15) is 9.90 Å². The van der Waals surface area contributed by atoms with Gasteiger partial charge in [0.15, 0.2) is 5.69 Å². The van der Waals surface area contributed by atoms with E-state index >= 15 is 0 Å². The highest BCUT2D eigenvalue weighted by Gasteiger charge is 2.21. The Morgan fingerprint density at radius 3 is 2.38 bits per heavy atom. The molecule has 0 spiro atoms. The summed E-state index contributed by atoms with van der Waals surface area (Å²) in [6.07, 6.45) is 0. The molecule has 0 fully saturated rings. The Hall–Kier alpha value is -2.86. The van der Waals surface area contributed by atoms with Crippen molar-refractivity contribution in [3.63, 3.8) is 0 Å². The number of hydrogen-bond donors (Lipinski definition) is 1. The minimum atomic E-state index is -1.06. The molecule has 5 nitrogen and oxygen atoms in total. The van der Waals surface area contributed by atoms with Crippen LogP contribution in [-0.4, -0.2) is 30.3 Å². The van der Waals surface area contributed by atoms with E-state index in [0.717, 1.165) is 11.1 Å². The van der Waals surface area contributed by atoms with Crippen molar-refractivity contribution in [2.45, 2.75) is 0 Å². The third-order valence-corrected chi connectivity index (χ3v) is 4.66. The Morgan fingerprint density at radius 1 is 1.04 bits per heavy atom. The van der Waals surface area contributed by atoms with E-state index in [-0.39, 0.29) is 5.69 Å². The number of ether oxygens (including phenoxy) is 2. The molecule has 1 N–H and O–H groups in total. The van der Waals surface area contributed by atoms with Gasteiger partial charge in [0, 0.05) is 0 Å². The van der Waals surface area contributed by atoms with E-state index in [0.29, 0.717) is 21.4 Å². The van der Waals surface area contributed by atoms with E-state index < -0.39 is 5.97 Å². The highest BCUT2D eigenvalue weighted by atomic mass is 32.1. The van der Waals surface area contributed by atoms with Crippen LogP contribution < -0.4 is 9.47 Å². The van der Waals surface area contributed by atoms with Crippen molar-refractivity contribution in [1.82, 2.24) is 4.98 Å². The first-order valence-electron chi connectivity index (χ1n) is 7.16. The number of nitrogens with zero attached hydrogens (tertiary/aromatic N) is 1. The van der Waals surface area contributed by atoms with Crippen LogP contribution in [0.5, 0.6) is 11.5 Å². The predicted octanol–water partition coefficient (Wildman–Crippen LogP) is 4.19. The van der Waals surface area contributed by atoms with Crippen LogP contribution in [0.4, 0.5) is 0 Å². The number of carboxylic acids is 1. The Morgan fingerprint density at radius 2 is 1.75 bits per heavy atom. The number of thiazole rings is 1. The van der Waals surface area contributed by atoms with Crippen molar-refractivity contribution in [3.8, 4) is 32.5 Å². The molecule has 0 atom stereocenters. The summed E-state index contributed by atoms with van der Waals surface area (Å²) in [6, 6.07) is 14.7. The molecule has 1 heterocycles. The number of aromatic nitrogens is 1. The molecule has 0 radical (unpaired) electrons. The van der Waals surface area contributed by atoms with Gasteiger partial charge in [-0.3, -0.25) is 0 Å². The first-order valence-corrected chi connectivity index (χ1v) is 7.97. The summed E-state index contributed by atoms with van der Waals surface area (Å²) >= 11 is 1.32. The molecular weight excluding hydrogens is 326 g/mol. The van der Waals surface area contributed by atoms with E-state index in [1.165, 1.54) is 11.3 Å². The van der Waals surface area contributed by atoms with Crippen molar-refractivity contribution < 1.29 is 19.4 Å². The minimum Gasteiger partial charge on any atom is -0.497 e.